The van der Waals surface area contributed by atoms with Crippen LogP contribution in [0.4, 0.5) is 0 Å². The molecule has 0 bridgehead atoms. The van der Waals surface area contributed by atoms with Gasteiger partial charge in [0, 0.05) is 40.7 Å². The molecular weight excluding hydrogens is 408 g/mol. The van der Waals surface area contributed by atoms with Gasteiger partial charge in [-0.2, -0.15) is 0 Å². The number of hydrogen-bond acceptors (Lipinski definition) is 3. The highest BCUT2D eigenvalue weighted by atomic mass is 79.9. The summed E-state index contributed by atoms with van der Waals surface area (Å²) in [6.07, 6.45) is 0. The number of nitrogens with one attached hydrogen (secondary N) is 2. The molecule has 1 aliphatic rings. The van der Waals surface area contributed by atoms with Crippen LogP contribution in [-0.2, 0) is 5.75 Å². The van der Waals surface area contributed by atoms with E-state index in [1.54, 1.807) is 11.8 Å². The van der Waals surface area contributed by atoms with Gasteiger partial charge < -0.3 is 10.6 Å². The minimum absolute atomic E-state index is 0. The van der Waals surface area contributed by atoms with Crippen molar-refractivity contribution in [2.45, 2.75) is 10.6 Å². The van der Waals surface area contributed by atoms with Crippen LogP contribution in [0.15, 0.2) is 57.9 Å². The van der Waals surface area contributed by atoms with Crippen LogP contribution >= 0.6 is 40.1 Å². The Bertz CT molecular complexity index is 677. The largest absolute Gasteiger partial charge is 0.352 e. The van der Waals surface area contributed by atoms with Crippen molar-refractivity contribution in [1.82, 2.24) is 10.6 Å². The number of hydrogen-bond donors (Lipinski definition) is 2. The lowest BCUT2D eigenvalue weighted by molar-refractivity contribution is 0.0939. The summed E-state index contributed by atoms with van der Waals surface area (Å²) < 4.78 is 1.08. The van der Waals surface area contributed by atoms with Gasteiger partial charge in [0.05, 0.1) is 5.56 Å². The SMILES string of the molecule is Cl.O=C(NCC1CNC1)c1ccccc1SCc1ccc(Br)cc1. The standard InChI is InChI=1S/C18H19BrN2OS.ClH/c19-15-7-5-13(6-8-15)12-23-17-4-2-1-3-16(17)18(22)21-11-14-9-20-10-14;/h1-8,14,20H,9-12H2,(H,21,22);1H. The Morgan fingerprint density at radius 2 is 1.88 bits per heavy atom. The van der Waals surface area contributed by atoms with Crippen molar-refractivity contribution in [3.63, 3.8) is 0 Å². The Labute approximate surface area is 161 Å². The maximum Gasteiger partial charge on any atom is 0.252 e. The smallest absolute Gasteiger partial charge is 0.252 e. The van der Waals surface area contributed by atoms with E-state index >= 15 is 0 Å². The number of thioether (sulfide) groups is 1. The van der Waals surface area contributed by atoms with Gasteiger partial charge in [0.25, 0.3) is 5.91 Å². The average molecular weight is 428 g/mol. The second-order valence-corrected chi connectivity index (χ2v) is 7.58. The molecule has 0 aromatic heterocycles. The molecule has 0 aliphatic carbocycles. The summed E-state index contributed by atoms with van der Waals surface area (Å²) in [5.41, 5.74) is 2.01. The molecule has 6 heteroatoms. The molecule has 1 saturated heterocycles. The first kappa shape index (κ1) is 19.3. The number of carbonyl (C=O) groups is 1. The van der Waals surface area contributed by atoms with Crippen molar-refractivity contribution in [1.29, 1.82) is 0 Å². The van der Waals surface area contributed by atoms with E-state index in [1.165, 1.54) is 5.56 Å². The van der Waals surface area contributed by atoms with Crippen molar-refractivity contribution < 1.29 is 4.79 Å². The molecule has 1 aliphatic heterocycles. The third-order valence-electron chi connectivity index (χ3n) is 3.86. The molecule has 0 radical (unpaired) electrons. The Morgan fingerprint density at radius 1 is 1.17 bits per heavy atom. The second-order valence-electron chi connectivity index (χ2n) is 5.65. The molecule has 1 amide bonds. The van der Waals surface area contributed by atoms with E-state index in [9.17, 15) is 4.79 Å². The molecule has 3 nitrogen and oxygen atoms in total. The lowest BCUT2D eigenvalue weighted by Crippen LogP contribution is -2.48. The van der Waals surface area contributed by atoms with Gasteiger partial charge in [0.1, 0.15) is 0 Å². The third-order valence-corrected chi connectivity index (χ3v) is 5.53. The third kappa shape index (κ3) is 5.24. The highest BCUT2D eigenvalue weighted by Gasteiger charge is 2.18. The van der Waals surface area contributed by atoms with Crippen molar-refractivity contribution in [2.75, 3.05) is 19.6 Å². The predicted octanol–water partition coefficient (Wildman–Crippen LogP) is 4.11. The maximum atomic E-state index is 12.4. The fraction of sp³-hybridized carbons (Fsp3) is 0.278. The molecule has 1 fully saturated rings. The van der Waals surface area contributed by atoms with Gasteiger partial charge in [-0.15, -0.1) is 24.2 Å². The van der Waals surface area contributed by atoms with E-state index in [2.05, 4.69) is 38.7 Å². The number of benzene rings is 2. The second kappa shape index (κ2) is 9.47. The number of carbonyl (C=O) groups excluding carboxylic acids is 1. The fourth-order valence-corrected chi connectivity index (χ4v) is 3.62. The summed E-state index contributed by atoms with van der Waals surface area (Å²) in [6.45, 7) is 2.75. The first-order valence-electron chi connectivity index (χ1n) is 7.67. The van der Waals surface area contributed by atoms with Crippen LogP contribution in [-0.4, -0.2) is 25.5 Å². The normalized spacial score (nSPS) is 13.7. The van der Waals surface area contributed by atoms with Gasteiger partial charge in [-0.05, 0) is 29.8 Å². The van der Waals surface area contributed by atoms with Crippen LogP contribution in [0.3, 0.4) is 0 Å². The Hall–Kier alpha value is -1.01. The van der Waals surface area contributed by atoms with E-state index in [-0.39, 0.29) is 18.3 Å². The molecule has 128 valence electrons. The van der Waals surface area contributed by atoms with Gasteiger partial charge in [0.15, 0.2) is 0 Å². The van der Waals surface area contributed by atoms with Crippen molar-refractivity contribution in [3.05, 3.63) is 64.1 Å². The topological polar surface area (TPSA) is 41.1 Å². The van der Waals surface area contributed by atoms with E-state index in [0.29, 0.717) is 5.92 Å². The molecule has 2 N–H and O–H groups in total. The lowest BCUT2D eigenvalue weighted by Gasteiger charge is -2.27. The van der Waals surface area contributed by atoms with Crippen LogP contribution in [0.5, 0.6) is 0 Å². The summed E-state index contributed by atoms with van der Waals surface area (Å²) in [6, 6.07) is 16.1. The van der Waals surface area contributed by atoms with Crippen LogP contribution in [0.2, 0.25) is 0 Å². The molecule has 0 saturated carbocycles. The first-order chi connectivity index (χ1) is 11.2. The van der Waals surface area contributed by atoms with Crippen molar-refractivity contribution in [2.24, 2.45) is 5.92 Å². The Kier molecular flexibility index (Phi) is 7.62. The minimum Gasteiger partial charge on any atom is -0.352 e. The summed E-state index contributed by atoms with van der Waals surface area (Å²) >= 11 is 5.15. The highest BCUT2D eigenvalue weighted by Crippen LogP contribution is 2.27. The van der Waals surface area contributed by atoms with E-state index in [1.807, 2.05) is 36.4 Å². The van der Waals surface area contributed by atoms with Crippen LogP contribution in [0.1, 0.15) is 15.9 Å². The maximum absolute atomic E-state index is 12.4. The van der Waals surface area contributed by atoms with Crippen LogP contribution < -0.4 is 10.6 Å². The van der Waals surface area contributed by atoms with E-state index in [0.717, 1.165) is 40.3 Å². The predicted molar refractivity (Wildman–Crippen MR) is 106 cm³/mol. The molecule has 1 heterocycles. The Morgan fingerprint density at radius 3 is 2.54 bits per heavy atom. The molecule has 24 heavy (non-hydrogen) atoms. The van der Waals surface area contributed by atoms with Gasteiger partial charge >= 0.3 is 0 Å². The lowest BCUT2D eigenvalue weighted by atomic mass is 10.0. The Balaban J connectivity index is 0.00000208. The number of rotatable bonds is 6. The van der Waals surface area contributed by atoms with Crippen LogP contribution in [0.25, 0.3) is 0 Å². The van der Waals surface area contributed by atoms with Crippen LogP contribution in [0, 0.1) is 5.92 Å². The van der Waals surface area contributed by atoms with Crippen molar-refractivity contribution >= 4 is 46.0 Å². The van der Waals surface area contributed by atoms with E-state index in [4.69, 9.17) is 0 Å². The van der Waals surface area contributed by atoms with Gasteiger partial charge in [-0.3, -0.25) is 4.79 Å². The summed E-state index contributed by atoms with van der Waals surface area (Å²) in [5, 5.41) is 6.27. The number of halogens is 2. The molecule has 0 unspecified atom stereocenters. The molecular formula is C18H20BrClN2OS. The quantitative estimate of drug-likeness (QED) is 0.682. The van der Waals surface area contributed by atoms with E-state index < -0.39 is 0 Å². The van der Waals surface area contributed by atoms with Gasteiger partial charge in [-0.25, -0.2) is 0 Å². The highest BCUT2D eigenvalue weighted by molar-refractivity contribution is 9.10. The summed E-state index contributed by atoms with van der Waals surface area (Å²) in [7, 11) is 0. The van der Waals surface area contributed by atoms with Crippen molar-refractivity contribution in [3.8, 4) is 0 Å². The zero-order valence-electron chi connectivity index (χ0n) is 13.1. The van der Waals surface area contributed by atoms with Gasteiger partial charge in [0.2, 0.25) is 0 Å². The van der Waals surface area contributed by atoms with Gasteiger partial charge in [-0.1, -0.05) is 40.2 Å². The molecule has 2 aromatic carbocycles. The zero-order chi connectivity index (χ0) is 16.1. The zero-order valence-corrected chi connectivity index (χ0v) is 16.3. The molecule has 0 atom stereocenters. The molecule has 3 rings (SSSR count). The minimum atomic E-state index is 0. The molecule has 2 aromatic rings. The summed E-state index contributed by atoms with van der Waals surface area (Å²) in [4.78, 5) is 13.4. The monoisotopic (exact) mass is 426 g/mol. The fourth-order valence-electron chi connectivity index (χ4n) is 2.35. The number of amides is 1. The molecule has 0 spiro atoms. The summed E-state index contributed by atoms with van der Waals surface area (Å²) in [5.74, 6) is 1.45. The average Bonchev–Trinajstić information content (AvgIpc) is 2.53. The first-order valence-corrected chi connectivity index (χ1v) is 9.45.